The SMILES string of the molecule is C=CCCC(=O)CCN. The van der Waals surface area contributed by atoms with Crippen LogP contribution in [0.4, 0.5) is 0 Å². The van der Waals surface area contributed by atoms with Crippen LogP contribution in [0.15, 0.2) is 12.7 Å². The minimum Gasteiger partial charge on any atom is -0.330 e. The standard InChI is InChI=1S/C7H13NO/c1-2-3-4-7(9)5-6-8/h2H,1,3-6,8H2. The van der Waals surface area contributed by atoms with Crippen molar-refractivity contribution in [2.24, 2.45) is 5.73 Å². The molecule has 0 unspecified atom stereocenters. The van der Waals surface area contributed by atoms with Gasteiger partial charge in [0, 0.05) is 12.8 Å². The molecule has 0 atom stereocenters. The number of ketones is 1. The number of allylic oxidation sites excluding steroid dienone is 1. The predicted octanol–water partition coefficient (Wildman–Crippen LogP) is 0.871. The second kappa shape index (κ2) is 5.51. The number of nitrogens with two attached hydrogens (primary N) is 1. The Morgan fingerprint density at radius 1 is 1.56 bits per heavy atom. The first kappa shape index (κ1) is 8.37. The lowest BCUT2D eigenvalue weighted by molar-refractivity contribution is -0.118. The van der Waals surface area contributed by atoms with Crippen molar-refractivity contribution < 1.29 is 4.79 Å². The molecule has 0 aromatic rings. The topological polar surface area (TPSA) is 43.1 Å². The summed E-state index contributed by atoms with van der Waals surface area (Å²) >= 11 is 0. The van der Waals surface area contributed by atoms with Gasteiger partial charge in [0.2, 0.25) is 0 Å². The van der Waals surface area contributed by atoms with E-state index in [1.165, 1.54) is 0 Å². The first-order valence-electron chi connectivity index (χ1n) is 3.14. The van der Waals surface area contributed by atoms with Crippen LogP contribution in [0.3, 0.4) is 0 Å². The Hall–Kier alpha value is -0.630. The molecule has 0 amide bonds. The highest BCUT2D eigenvalue weighted by atomic mass is 16.1. The molecule has 2 nitrogen and oxygen atoms in total. The molecule has 9 heavy (non-hydrogen) atoms. The van der Waals surface area contributed by atoms with Gasteiger partial charge in [0.15, 0.2) is 0 Å². The van der Waals surface area contributed by atoms with Crippen molar-refractivity contribution in [3.05, 3.63) is 12.7 Å². The van der Waals surface area contributed by atoms with Gasteiger partial charge in [-0.2, -0.15) is 0 Å². The lowest BCUT2D eigenvalue weighted by Crippen LogP contribution is -2.06. The van der Waals surface area contributed by atoms with Gasteiger partial charge in [0.1, 0.15) is 5.78 Å². The average Bonchev–Trinajstić information content (AvgIpc) is 1.85. The lowest BCUT2D eigenvalue weighted by atomic mass is 10.2. The van der Waals surface area contributed by atoms with Gasteiger partial charge in [-0.15, -0.1) is 6.58 Å². The van der Waals surface area contributed by atoms with Crippen LogP contribution in [0.2, 0.25) is 0 Å². The minimum absolute atomic E-state index is 0.234. The monoisotopic (exact) mass is 127 g/mol. The van der Waals surface area contributed by atoms with E-state index in [1.54, 1.807) is 6.08 Å². The predicted molar refractivity (Wildman–Crippen MR) is 38.1 cm³/mol. The van der Waals surface area contributed by atoms with Crippen LogP contribution in [0, 0.1) is 0 Å². The highest BCUT2D eigenvalue weighted by molar-refractivity contribution is 5.78. The molecule has 0 radical (unpaired) electrons. The van der Waals surface area contributed by atoms with E-state index in [-0.39, 0.29) is 5.78 Å². The van der Waals surface area contributed by atoms with Crippen LogP contribution < -0.4 is 5.73 Å². The molecule has 0 aromatic heterocycles. The fourth-order valence-electron chi connectivity index (χ4n) is 0.549. The fourth-order valence-corrected chi connectivity index (χ4v) is 0.549. The zero-order valence-corrected chi connectivity index (χ0v) is 5.60. The summed E-state index contributed by atoms with van der Waals surface area (Å²) in [4.78, 5) is 10.7. The molecule has 0 saturated carbocycles. The molecule has 0 heterocycles. The van der Waals surface area contributed by atoms with Crippen molar-refractivity contribution >= 4 is 5.78 Å². The van der Waals surface area contributed by atoms with Crippen LogP contribution in [-0.4, -0.2) is 12.3 Å². The Labute approximate surface area is 55.7 Å². The first-order valence-corrected chi connectivity index (χ1v) is 3.14. The maximum absolute atomic E-state index is 10.7. The van der Waals surface area contributed by atoms with Gasteiger partial charge >= 0.3 is 0 Å². The number of hydrogen-bond acceptors (Lipinski definition) is 2. The van der Waals surface area contributed by atoms with Crippen LogP contribution >= 0.6 is 0 Å². The number of carbonyl (C=O) groups is 1. The van der Waals surface area contributed by atoms with Crippen LogP contribution in [-0.2, 0) is 4.79 Å². The Bertz CT molecular complexity index is 99.1. The van der Waals surface area contributed by atoms with E-state index < -0.39 is 0 Å². The van der Waals surface area contributed by atoms with Crippen LogP contribution in [0.25, 0.3) is 0 Å². The van der Waals surface area contributed by atoms with Crippen molar-refractivity contribution in [1.29, 1.82) is 0 Å². The molecule has 2 N–H and O–H groups in total. The van der Waals surface area contributed by atoms with E-state index in [0.29, 0.717) is 19.4 Å². The van der Waals surface area contributed by atoms with E-state index in [0.717, 1.165) is 6.42 Å². The second-order valence-electron chi connectivity index (χ2n) is 1.90. The van der Waals surface area contributed by atoms with E-state index >= 15 is 0 Å². The van der Waals surface area contributed by atoms with Crippen LogP contribution in [0.5, 0.6) is 0 Å². The molecule has 0 fully saturated rings. The Morgan fingerprint density at radius 2 is 2.22 bits per heavy atom. The molecule has 2 heteroatoms. The second-order valence-corrected chi connectivity index (χ2v) is 1.90. The molecule has 0 bridgehead atoms. The maximum atomic E-state index is 10.7. The largest absolute Gasteiger partial charge is 0.330 e. The number of rotatable bonds is 5. The first-order chi connectivity index (χ1) is 4.31. The lowest BCUT2D eigenvalue weighted by Gasteiger charge is -1.92. The Morgan fingerprint density at radius 3 is 2.67 bits per heavy atom. The fraction of sp³-hybridized carbons (Fsp3) is 0.571. The molecule has 0 aliphatic rings. The van der Waals surface area contributed by atoms with Gasteiger partial charge in [-0.1, -0.05) is 6.08 Å². The van der Waals surface area contributed by atoms with Crippen molar-refractivity contribution in [3.8, 4) is 0 Å². The zero-order chi connectivity index (χ0) is 7.11. The molecule has 0 spiro atoms. The molecule has 0 saturated heterocycles. The van der Waals surface area contributed by atoms with E-state index in [9.17, 15) is 4.79 Å². The highest BCUT2D eigenvalue weighted by Gasteiger charge is 1.95. The maximum Gasteiger partial charge on any atom is 0.134 e. The molecular weight excluding hydrogens is 114 g/mol. The smallest absolute Gasteiger partial charge is 0.134 e. The molecule has 52 valence electrons. The van der Waals surface area contributed by atoms with Crippen molar-refractivity contribution in [2.45, 2.75) is 19.3 Å². The van der Waals surface area contributed by atoms with Crippen molar-refractivity contribution in [2.75, 3.05) is 6.54 Å². The van der Waals surface area contributed by atoms with Gasteiger partial charge in [-0.05, 0) is 13.0 Å². The molecule has 0 aromatic carbocycles. The van der Waals surface area contributed by atoms with Crippen molar-refractivity contribution in [3.63, 3.8) is 0 Å². The molecule has 0 aliphatic carbocycles. The van der Waals surface area contributed by atoms with E-state index in [1.807, 2.05) is 0 Å². The zero-order valence-electron chi connectivity index (χ0n) is 5.60. The van der Waals surface area contributed by atoms with Gasteiger partial charge in [-0.3, -0.25) is 4.79 Å². The van der Waals surface area contributed by atoms with Crippen LogP contribution in [0.1, 0.15) is 19.3 Å². The third-order valence-corrected chi connectivity index (χ3v) is 1.05. The summed E-state index contributed by atoms with van der Waals surface area (Å²) in [6, 6.07) is 0. The third kappa shape index (κ3) is 5.24. The number of carbonyl (C=O) groups excluding carboxylic acids is 1. The quantitative estimate of drug-likeness (QED) is 0.557. The van der Waals surface area contributed by atoms with Gasteiger partial charge < -0.3 is 5.73 Å². The average molecular weight is 127 g/mol. The highest BCUT2D eigenvalue weighted by Crippen LogP contribution is 1.93. The minimum atomic E-state index is 0.234. The van der Waals surface area contributed by atoms with E-state index in [2.05, 4.69) is 6.58 Å². The normalized spacial score (nSPS) is 9.00. The summed E-state index contributed by atoms with van der Waals surface area (Å²) in [6.07, 6.45) is 3.63. The van der Waals surface area contributed by atoms with Gasteiger partial charge in [-0.25, -0.2) is 0 Å². The summed E-state index contributed by atoms with van der Waals surface area (Å²) in [5.74, 6) is 0.234. The summed E-state index contributed by atoms with van der Waals surface area (Å²) in [7, 11) is 0. The van der Waals surface area contributed by atoms with E-state index in [4.69, 9.17) is 5.73 Å². The number of Topliss-reactive ketones (excluding diaryl/α,β-unsaturated/α-hetero) is 1. The molecular formula is C7H13NO. The molecule has 0 rings (SSSR count). The molecule has 0 aliphatic heterocycles. The summed E-state index contributed by atoms with van der Waals surface area (Å²) in [5.41, 5.74) is 5.15. The van der Waals surface area contributed by atoms with Gasteiger partial charge in [0.25, 0.3) is 0 Å². The summed E-state index contributed by atoms with van der Waals surface area (Å²) in [6.45, 7) is 3.98. The Kier molecular flexibility index (Phi) is 5.12. The number of hydrogen-bond donors (Lipinski definition) is 1. The Balaban J connectivity index is 3.16. The summed E-state index contributed by atoms with van der Waals surface area (Å²) in [5, 5.41) is 0. The van der Waals surface area contributed by atoms with Gasteiger partial charge in [0.05, 0.1) is 0 Å². The van der Waals surface area contributed by atoms with Crippen molar-refractivity contribution in [1.82, 2.24) is 0 Å². The summed E-state index contributed by atoms with van der Waals surface area (Å²) < 4.78 is 0. The third-order valence-electron chi connectivity index (χ3n) is 1.05.